The van der Waals surface area contributed by atoms with Gasteiger partial charge in [0.25, 0.3) is 12.0 Å². The number of furan rings is 2. The van der Waals surface area contributed by atoms with Crippen molar-refractivity contribution in [2.75, 3.05) is 0 Å². The molecular weight excluding hydrogens is 422 g/mol. The Kier molecular flexibility index (Phi) is 3.79. The number of fused-ring (bicyclic) bond motifs is 2. The molecule has 0 fully saturated rings. The first-order valence-electron chi connectivity index (χ1n) is 8.54. The fourth-order valence-electron chi connectivity index (χ4n) is 3.62. The predicted molar refractivity (Wildman–Crippen MR) is 104 cm³/mol. The van der Waals surface area contributed by atoms with E-state index in [2.05, 4.69) is 20.4 Å². The fourth-order valence-corrected chi connectivity index (χ4v) is 3.62. The molecule has 5 rings (SSSR count). The third-order valence-corrected chi connectivity index (χ3v) is 4.77. The van der Waals surface area contributed by atoms with Crippen molar-refractivity contribution in [2.45, 2.75) is 0 Å². The van der Waals surface area contributed by atoms with Crippen LogP contribution in [0, 0.1) is 57.4 Å². The number of benzene rings is 1. The van der Waals surface area contributed by atoms with Crippen molar-refractivity contribution >= 4 is 55.9 Å². The number of nitriles is 4. The molecule has 3 aromatic rings. The van der Waals surface area contributed by atoms with E-state index in [9.17, 15) is 29.8 Å². The van der Waals surface area contributed by atoms with Gasteiger partial charge in [0.1, 0.15) is 35.4 Å². The van der Waals surface area contributed by atoms with E-state index in [-0.39, 0.29) is 66.4 Å². The molecule has 0 radical (unpaired) electrons. The highest BCUT2D eigenvalue weighted by Gasteiger charge is 2.29. The van der Waals surface area contributed by atoms with Gasteiger partial charge in [-0.25, -0.2) is 0 Å². The normalized spacial score (nSPS) is 15.1. The highest BCUT2D eigenvalue weighted by atomic mass is 19.1. The lowest BCUT2D eigenvalue weighted by Crippen LogP contribution is -2.24. The molecule has 10 nitrogen and oxygen atoms in total. The van der Waals surface area contributed by atoms with Crippen LogP contribution in [0.1, 0.15) is 0 Å². The zero-order valence-corrected chi connectivity index (χ0v) is 15.3. The number of hydrogen-bond acceptors (Lipinski definition) is 10. The molecule has 32 heavy (non-hydrogen) atoms. The maximum Gasteiger partial charge on any atom is 0.278 e. The highest BCUT2D eigenvalue weighted by molar-refractivity contribution is 6.56. The largest absolute Gasteiger partial charge is 0.430 e. The predicted octanol–water partition coefficient (Wildman–Crippen LogP) is 1.47. The zero-order valence-electron chi connectivity index (χ0n) is 15.3. The smallest absolute Gasteiger partial charge is 0.278 e. The maximum absolute atomic E-state index is 14.3. The molecule has 0 amide bonds. The van der Waals surface area contributed by atoms with E-state index in [1.807, 2.05) is 0 Å². The van der Waals surface area contributed by atoms with Gasteiger partial charge in [-0.15, -0.1) is 20.4 Å². The molecule has 2 aliphatic heterocycles. The molecule has 0 aliphatic carbocycles. The lowest BCUT2D eigenvalue weighted by molar-refractivity contribution is 0.379. The summed E-state index contributed by atoms with van der Waals surface area (Å²) in [4.78, 5) is 0. The number of nitrogens with zero attached hydrogens (tertiary/aromatic N) is 8. The highest BCUT2D eigenvalue weighted by Crippen LogP contribution is 2.24. The van der Waals surface area contributed by atoms with Crippen LogP contribution in [0.15, 0.2) is 41.4 Å². The molecule has 4 heterocycles. The van der Waals surface area contributed by atoms with Crippen LogP contribution < -0.4 is 10.4 Å². The van der Waals surface area contributed by atoms with Gasteiger partial charge >= 0.3 is 0 Å². The Morgan fingerprint density at radius 1 is 0.594 bits per heavy atom. The maximum atomic E-state index is 14.3. The second kappa shape index (κ2) is 6.53. The van der Waals surface area contributed by atoms with Gasteiger partial charge in [0.15, 0.2) is 22.8 Å². The molecule has 0 unspecified atom stereocenters. The van der Waals surface area contributed by atoms with E-state index in [4.69, 9.17) is 8.83 Å². The summed E-state index contributed by atoms with van der Waals surface area (Å²) in [5, 5.41) is 52.1. The van der Waals surface area contributed by atoms with Crippen molar-refractivity contribution in [1.82, 2.24) is 0 Å². The minimum Gasteiger partial charge on any atom is -0.430 e. The average molecular weight is 424 g/mol. The summed E-state index contributed by atoms with van der Waals surface area (Å²) in [6.45, 7) is 0. The van der Waals surface area contributed by atoms with Crippen LogP contribution in [0.25, 0.3) is 33.1 Å². The van der Waals surface area contributed by atoms with Crippen LogP contribution in [0.5, 0.6) is 0 Å². The number of halogens is 2. The van der Waals surface area contributed by atoms with Crippen molar-refractivity contribution in [1.29, 1.82) is 21.0 Å². The van der Waals surface area contributed by atoms with E-state index in [1.165, 1.54) is 0 Å². The van der Waals surface area contributed by atoms with E-state index in [0.29, 0.717) is 0 Å². The SMILES string of the molecule is N#CC1=NN=C(C#N)C1=c1c2cc(F)oc2c(=C2C(C#N)=NN=C2C#N)c2cc(F)oc12. The summed E-state index contributed by atoms with van der Waals surface area (Å²) >= 11 is 0. The number of rotatable bonds is 0. The van der Waals surface area contributed by atoms with Gasteiger partial charge in [0.05, 0.1) is 11.1 Å². The van der Waals surface area contributed by atoms with Crippen LogP contribution in [-0.2, 0) is 0 Å². The van der Waals surface area contributed by atoms with Crippen molar-refractivity contribution in [3.05, 3.63) is 34.6 Å². The van der Waals surface area contributed by atoms with Gasteiger partial charge in [-0.1, -0.05) is 0 Å². The van der Waals surface area contributed by atoms with Crippen molar-refractivity contribution in [3.8, 4) is 24.3 Å². The van der Waals surface area contributed by atoms with E-state index in [0.717, 1.165) is 12.1 Å². The molecule has 0 N–H and O–H groups in total. The minimum absolute atomic E-state index is 0.0314. The van der Waals surface area contributed by atoms with Crippen LogP contribution in [0.4, 0.5) is 8.78 Å². The van der Waals surface area contributed by atoms with E-state index >= 15 is 0 Å². The second-order valence-corrected chi connectivity index (χ2v) is 6.33. The molecule has 0 atom stereocenters. The Balaban J connectivity index is 2.19. The molecule has 12 heteroatoms. The molecule has 2 aliphatic rings. The average Bonchev–Trinajstić information content (AvgIpc) is 3.55. The quantitative estimate of drug-likeness (QED) is 0.529. The third-order valence-electron chi connectivity index (χ3n) is 4.77. The van der Waals surface area contributed by atoms with Crippen molar-refractivity contribution < 1.29 is 17.6 Å². The Morgan fingerprint density at radius 3 is 1.19 bits per heavy atom. The summed E-state index contributed by atoms with van der Waals surface area (Å²) < 4.78 is 39.1. The minimum atomic E-state index is -1.07. The van der Waals surface area contributed by atoms with Crippen LogP contribution in [-0.4, -0.2) is 22.8 Å². The Morgan fingerprint density at radius 2 is 0.906 bits per heavy atom. The summed E-state index contributed by atoms with van der Waals surface area (Å²) in [6, 6.07) is 6.86. The van der Waals surface area contributed by atoms with Gasteiger partial charge in [-0.3, -0.25) is 0 Å². The molecule has 0 saturated carbocycles. The van der Waals surface area contributed by atoms with Gasteiger partial charge in [0, 0.05) is 33.3 Å². The second-order valence-electron chi connectivity index (χ2n) is 6.33. The molecule has 0 spiro atoms. The third kappa shape index (κ3) is 2.32. The van der Waals surface area contributed by atoms with Crippen LogP contribution in [0.2, 0.25) is 0 Å². The van der Waals surface area contributed by atoms with Crippen LogP contribution in [0.3, 0.4) is 0 Å². The molecule has 148 valence electrons. The van der Waals surface area contributed by atoms with Gasteiger partial charge < -0.3 is 8.83 Å². The standard InChI is InChI=1S/C20H2F2N8O2/c21-13-1-7-15(17-9(3-23)27-28-10(17)4-24)20-8(2-14(22)32-20)16(19(7)31-13)18-11(5-25)29-30-12(18)6-26/h1-2H. The summed E-state index contributed by atoms with van der Waals surface area (Å²) in [6.07, 6.45) is 0. The summed E-state index contributed by atoms with van der Waals surface area (Å²) in [5.41, 5.74) is -1.72. The molecular formula is C20H2F2N8O2. The van der Waals surface area contributed by atoms with Gasteiger partial charge in [-0.05, 0) is 0 Å². The summed E-state index contributed by atoms with van der Waals surface area (Å²) in [5.74, 6) is 0. The number of hydrogen-bond donors (Lipinski definition) is 0. The topological polar surface area (TPSA) is 171 Å². The molecule has 2 aromatic heterocycles. The first-order valence-corrected chi connectivity index (χ1v) is 8.54. The Bertz CT molecular complexity index is 1580. The first-order chi connectivity index (χ1) is 15.5. The lowest BCUT2D eigenvalue weighted by atomic mass is 9.95. The Labute approximate surface area is 174 Å². The lowest BCUT2D eigenvalue weighted by Gasteiger charge is -2.03. The molecule has 1 aromatic carbocycles. The van der Waals surface area contributed by atoms with E-state index < -0.39 is 12.0 Å². The molecule has 0 bridgehead atoms. The van der Waals surface area contributed by atoms with Gasteiger partial charge in [-0.2, -0.15) is 29.8 Å². The van der Waals surface area contributed by atoms with Crippen molar-refractivity contribution in [3.63, 3.8) is 0 Å². The van der Waals surface area contributed by atoms with Crippen molar-refractivity contribution in [2.24, 2.45) is 20.4 Å². The molecule has 0 saturated heterocycles. The summed E-state index contributed by atoms with van der Waals surface area (Å²) in [7, 11) is 0. The monoisotopic (exact) mass is 424 g/mol. The van der Waals surface area contributed by atoms with Crippen LogP contribution >= 0.6 is 0 Å². The fraction of sp³-hybridized carbons (Fsp3) is 0. The zero-order chi connectivity index (χ0) is 22.6. The van der Waals surface area contributed by atoms with E-state index in [1.54, 1.807) is 24.3 Å². The van der Waals surface area contributed by atoms with Gasteiger partial charge in [0.2, 0.25) is 0 Å². The first kappa shape index (κ1) is 18.6. The Hall–Kier alpha value is -5.46.